The fourth-order valence-corrected chi connectivity index (χ4v) is 2.37. The van der Waals surface area contributed by atoms with Crippen LogP contribution >= 0.6 is 0 Å². The molecule has 0 aliphatic carbocycles. The molecule has 0 amide bonds. The molecule has 0 fully saturated rings. The second-order valence-electron chi connectivity index (χ2n) is 4.79. The van der Waals surface area contributed by atoms with Crippen molar-refractivity contribution in [2.45, 2.75) is 6.42 Å². The molecule has 21 heavy (non-hydrogen) atoms. The predicted octanol–water partition coefficient (Wildman–Crippen LogP) is 2.69. The van der Waals surface area contributed by atoms with Gasteiger partial charge in [-0.3, -0.25) is 4.79 Å². The smallest absolute Gasteiger partial charge is 0.272 e. The van der Waals surface area contributed by atoms with Crippen molar-refractivity contribution >= 4 is 16.5 Å². The second kappa shape index (κ2) is 5.36. The van der Waals surface area contributed by atoms with Gasteiger partial charge in [0, 0.05) is 18.9 Å². The lowest BCUT2D eigenvalue weighted by atomic mass is 10.0. The van der Waals surface area contributed by atoms with Gasteiger partial charge in [0.2, 0.25) is 0 Å². The highest BCUT2D eigenvalue weighted by molar-refractivity contribution is 5.83. The molecule has 1 heterocycles. The van der Waals surface area contributed by atoms with E-state index in [9.17, 15) is 9.18 Å². The van der Waals surface area contributed by atoms with Crippen LogP contribution in [0.3, 0.4) is 0 Å². The third kappa shape index (κ3) is 2.50. The molecule has 0 aliphatic heterocycles. The van der Waals surface area contributed by atoms with Crippen LogP contribution < -0.4 is 10.9 Å². The van der Waals surface area contributed by atoms with E-state index < -0.39 is 0 Å². The number of aromatic nitrogens is 2. The highest BCUT2D eigenvalue weighted by Crippen LogP contribution is 2.20. The van der Waals surface area contributed by atoms with Gasteiger partial charge in [-0.15, -0.1) is 0 Å². The maximum absolute atomic E-state index is 13.5. The Morgan fingerprint density at radius 2 is 1.95 bits per heavy atom. The quantitative estimate of drug-likeness (QED) is 0.777. The minimum absolute atomic E-state index is 0.204. The molecule has 3 aromatic rings. The van der Waals surface area contributed by atoms with Crippen LogP contribution in [0.2, 0.25) is 0 Å². The maximum atomic E-state index is 13.5. The van der Waals surface area contributed by atoms with Crippen LogP contribution in [0, 0.1) is 5.82 Å². The summed E-state index contributed by atoms with van der Waals surface area (Å²) in [6.45, 7) is 0. The summed E-state index contributed by atoms with van der Waals surface area (Å²) < 4.78 is 13.5. The zero-order chi connectivity index (χ0) is 14.8. The first-order valence-electron chi connectivity index (χ1n) is 6.61. The second-order valence-corrected chi connectivity index (χ2v) is 4.79. The SMILES string of the molecule is CNc1cc(Cc2n[nH]c(=O)c3ccccc23)ccc1F. The molecule has 2 aromatic carbocycles. The van der Waals surface area contributed by atoms with Crippen LogP contribution in [0.25, 0.3) is 10.8 Å². The van der Waals surface area contributed by atoms with E-state index in [1.54, 1.807) is 25.2 Å². The molecule has 0 bridgehead atoms. The molecule has 2 N–H and O–H groups in total. The Balaban J connectivity index is 2.06. The van der Waals surface area contributed by atoms with Crippen LogP contribution in [-0.4, -0.2) is 17.2 Å². The number of hydrogen-bond acceptors (Lipinski definition) is 3. The van der Waals surface area contributed by atoms with E-state index in [0.29, 0.717) is 17.5 Å². The molecule has 1 aromatic heterocycles. The van der Waals surface area contributed by atoms with Crippen molar-refractivity contribution in [3.63, 3.8) is 0 Å². The number of nitrogens with zero attached hydrogens (tertiary/aromatic N) is 1. The standard InChI is InChI=1S/C16H14FN3O/c1-18-15-9-10(6-7-13(15)17)8-14-11-4-2-3-5-12(11)16(21)20-19-14/h2-7,9,18H,8H2,1H3,(H,20,21). The third-order valence-electron chi connectivity index (χ3n) is 3.45. The van der Waals surface area contributed by atoms with Gasteiger partial charge < -0.3 is 5.32 Å². The van der Waals surface area contributed by atoms with Gasteiger partial charge in [-0.1, -0.05) is 24.3 Å². The van der Waals surface area contributed by atoms with Gasteiger partial charge in [0.1, 0.15) is 5.82 Å². The first-order chi connectivity index (χ1) is 10.2. The number of anilines is 1. The summed E-state index contributed by atoms with van der Waals surface area (Å²) in [6.07, 6.45) is 0.520. The Hall–Kier alpha value is -2.69. The maximum Gasteiger partial charge on any atom is 0.272 e. The van der Waals surface area contributed by atoms with Gasteiger partial charge in [0.15, 0.2) is 0 Å². The minimum atomic E-state index is -0.291. The van der Waals surface area contributed by atoms with E-state index in [1.807, 2.05) is 18.2 Å². The number of hydrogen-bond donors (Lipinski definition) is 2. The number of benzene rings is 2. The zero-order valence-electron chi connectivity index (χ0n) is 11.5. The van der Waals surface area contributed by atoms with Crippen molar-refractivity contribution in [3.05, 3.63) is 69.9 Å². The van der Waals surface area contributed by atoms with Gasteiger partial charge in [0.25, 0.3) is 5.56 Å². The average Bonchev–Trinajstić information content (AvgIpc) is 2.52. The Labute approximate surface area is 120 Å². The third-order valence-corrected chi connectivity index (χ3v) is 3.45. The van der Waals surface area contributed by atoms with E-state index in [2.05, 4.69) is 15.5 Å². The predicted molar refractivity (Wildman–Crippen MR) is 81.1 cm³/mol. The van der Waals surface area contributed by atoms with Crippen LogP contribution in [-0.2, 0) is 6.42 Å². The Morgan fingerprint density at radius 1 is 1.19 bits per heavy atom. The van der Waals surface area contributed by atoms with Gasteiger partial charge >= 0.3 is 0 Å². The number of rotatable bonds is 3. The van der Waals surface area contributed by atoms with Gasteiger partial charge in [-0.2, -0.15) is 5.10 Å². The van der Waals surface area contributed by atoms with Crippen molar-refractivity contribution in [3.8, 4) is 0 Å². The fourth-order valence-electron chi connectivity index (χ4n) is 2.37. The molecular formula is C16H14FN3O. The Morgan fingerprint density at radius 3 is 2.71 bits per heavy atom. The molecule has 5 heteroatoms. The first-order valence-corrected chi connectivity index (χ1v) is 6.61. The lowest BCUT2D eigenvalue weighted by molar-refractivity contribution is 0.630. The number of fused-ring (bicyclic) bond motifs is 1. The summed E-state index contributed by atoms with van der Waals surface area (Å²) in [6, 6.07) is 12.2. The van der Waals surface area contributed by atoms with Gasteiger partial charge in [-0.25, -0.2) is 9.49 Å². The van der Waals surface area contributed by atoms with Crippen LogP contribution in [0.4, 0.5) is 10.1 Å². The largest absolute Gasteiger partial charge is 0.386 e. The molecule has 0 radical (unpaired) electrons. The molecule has 0 aliphatic rings. The van der Waals surface area contributed by atoms with Crippen LogP contribution in [0.5, 0.6) is 0 Å². The average molecular weight is 283 g/mol. The number of H-pyrrole nitrogens is 1. The summed E-state index contributed by atoms with van der Waals surface area (Å²) in [7, 11) is 1.68. The molecular weight excluding hydrogens is 269 g/mol. The minimum Gasteiger partial charge on any atom is -0.386 e. The lowest BCUT2D eigenvalue weighted by Gasteiger charge is -2.08. The monoisotopic (exact) mass is 283 g/mol. The molecule has 0 unspecified atom stereocenters. The van der Waals surface area contributed by atoms with E-state index in [0.717, 1.165) is 16.6 Å². The Bertz CT molecular complexity index is 858. The highest BCUT2D eigenvalue weighted by atomic mass is 19.1. The van der Waals surface area contributed by atoms with Gasteiger partial charge in [0.05, 0.1) is 16.8 Å². The molecule has 0 saturated heterocycles. The summed E-state index contributed by atoms with van der Waals surface area (Å²) in [5.41, 5.74) is 1.93. The molecule has 0 atom stereocenters. The topological polar surface area (TPSA) is 57.8 Å². The van der Waals surface area contributed by atoms with Crippen molar-refractivity contribution in [2.24, 2.45) is 0 Å². The molecule has 0 spiro atoms. The molecule has 3 rings (SSSR count). The number of nitrogens with one attached hydrogen (secondary N) is 2. The van der Waals surface area contributed by atoms with E-state index >= 15 is 0 Å². The summed E-state index contributed by atoms with van der Waals surface area (Å²) in [4.78, 5) is 11.8. The summed E-state index contributed by atoms with van der Waals surface area (Å²) in [5.74, 6) is -0.291. The van der Waals surface area contributed by atoms with Crippen LogP contribution in [0.15, 0.2) is 47.3 Å². The molecule has 4 nitrogen and oxygen atoms in total. The van der Waals surface area contributed by atoms with E-state index in [4.69, 9.17) is 0 Å². The highest BCUT2D eigenvalue weighted by Gasteiger charge is 2.08. The van der Waals surface area contributed by atoms with Crippen molar-refractivity contribution in [1.29, 1.82) is 0 Å². The van der Waals surface area contributed by atoms with E-state index in [1.165, 1.54) is 6.07 Å². The first kappa shape index (κ1) is 13.3. The van der Waals surface area contributed by atoms with Crippen molar-refractivity contribution in [1.82, 2.24) is 10.2 Å². The molecule has 0 saturated carbocycles. The lowest BCUT2D eigenvalue weighted by Crippen LogP contribution is -2.11. The van der Waals surface area contributed by atoms with Crippen molar-refractivity contribution < 1.29 is 4.39 Å². The fraction of sp³-hybridized carbons (Fsp3) is 0.125. The number of aromatic amines is 1. The normalized spacial score (nSPS) is 10.8. The molecule has 106 valence electrons. The summed E-state index contributed by atoms with van der Waals surface area (Å²) in [5, 5.41) is 10.9. The number of halogens is 1. The van der Waals surface area contributed by atoms with Gasteiger partial charge in [-0.05, 0) is 23.8 Å². The summed E-state index contributed by atoms with van der Waals surface area (Å²) >= 11 is 0. The van der Waals surface area contributed by atoms with Crippen molar-refractivity contribution in [2.75, 3.05) is 12.4 Å². The zero-order valence-corrected chi connectivity index (χ0v) is 11.5. The van der Waals surface area contributed by atoms with E-state index in [-0.39, 0.29) is 11.4 Å². The Kier molecular flexibility index (Phi) is 3.39. The van der Waals surface area contributed by atoms with Crippen LogP contribution in [0.1, 0.15) is 11.3 Å².